The van der Waals surface area contributed by atoms with Crippen LogP contribution in [0.25, 0.3) is 0 Å². The van der Waals surface area contributed by atoms with Crippen LogP contribution in [0.3, 0.4) is 0 Å². The molecule has 1 aromatic heterocycles. The number of morpholine rings is 1. The zero-order valence-corrected chi connectivity index (χ0v) is 11.6. The summed E-state index contributed by atoms with van der Waals surface area (Å²) in [6, 6.07) is 5.00. The predicted molar refractivity (Wildman–Crippen MR) is 74.8 cm³/mol. The molecule has 4 heteroatoms. The maximum Gasteiger partial charge on any atom is 0.0730 e. The Bertz CT molecular complexity index is 366. The highest BCUT2D eigenvalue weighted by atomic mass is 32.1. The second kappa shape index (κ2) is 5.70. The molecule has 1 saturated heterocycles. The van der Waals surface area contributed by atoms with Crippen LogP contribution in [0.4, 0.5) is 0 Å². The molecule has 1 aliphatic heterocycles. The number of hydrogen-bond donors (Lipinski definition) is 1. The average Bonchev–Trinajstić information content (AvgIpc) is 2.93. The highest BCUT2D eigenvalue weighted by molar-refractivity contribution is 7.10. The second-order valence-corrected chi connectivity index (χ2v) is 6.36. The first kappa shape index (κ1) is 12.6. The summed E-state index contributed by atoms with van der Waals surface area (Å²) in [5.74, 6) is 0. The van der Waals surface area contributed by atoms with Crippen LogP contribution in [-0.2, 0) is 4.74 Å². The van der Waals surface area contributed by atoms with E-state index < -0.39 is 0 Å². The molecule has 2 aliphatic rings. The van der Waals surface area contributed by atoms with Gasteiger partial charge in [0.15, 0.2) is 0 Å². The third-order valence-corrected chi connectivity index (χ3v) is 5.19. The summed E-state index contributed by atoms with van der Waals surface area (Å²) in [6.07, 6.45) is 5.64. The van der Waals surface area contributed by atoms with Gasteiger partial charge in [-0.25, -0.2) is 0 Å². The lowest BCUT2D eigenvalue weighted by molar-refractivity contribution is -0.0893. The van der Waals surface area contributed by atoms with E-state index in [2.05, 4.69) is 22.4 Å². The second-order valence-electron chi connectivity index (χ2n) is 5.38. The molecule has 18 heavy (non-hydrogen) atoms. The fraction of sp³-hybridized carbons (Fsp3) is 0.714. The van der Waals surface area contributed by atoms with Crippen LogP contribution in [0.15, 0.2) is 17.5 Å². The molecule has 3 rings (SSSR count). The smallest absolute Gasteiger partial charge is 0.0730 e. The van der Waals surface area contributed by atoms with E-state index in [4.69, 9.17) is 10.5 Å². The van der Waals surface area contributed by atoms with Gasteiger partial charge in [0, 0.05) is 24.0 Å². The number of nitrogens with two attached hydrogens (primary N) is 1. The predicted octanol–water partition coefficient (Wildman–Crippen LogP) is 2.39. The van der Waals surface area contributed by atoms with E-state index >= 15 is 0 Å². The Morgan fingerprint density at radius 1 is 1.44 bits per heavy atom. The van der Waals surface area contributed by atoms with Gasteiger partial charge < -0.3 is 10.5 Å². The number of nitrogens with zero attached hydrogens (tertiary/aromatic N) is 1. The third-order valence-electron chi connectivity index (χ3n) is 4.19. The fourth-order valence-corrected chi connectivity index (χ4v) is 3.97. The van der Waals surface area contributed by atoms with Crippen molar-refractivity contribution in [3.63, 3.8) is 0 Å². The molecule has 2 heterocycles. The first-order valence-corrected chi connectivity index (χ1v) is 7.87. The summed E-state index contributed by atoms with van der Waals surface area (Å²) in [7, 11) is 0. The molecular formula is C14H22N2OS. The molecule has 2 fully saturated rings. The maximum atomic E-state index is 6.32. The van der Waals surface area contributed by atoms with Crippen molar-refractivity contribution in [1.82, 2.24) is 4.90 Å². The van der Waals surface area contributed by atoms with Gasteiger partial charge in [-0.05, 0) is 24.3 Å². The molecule has 0 bridgehead atoms. The molecule has 0 amide bonds. The Morgan fingerprint density at radius 2 is 2.33 bits per heavy atom. The van der Waals surface area contributed by atoms with E-state index in [0.717, 1.165) is 19.7 Å². The standard InChI is InChI=1S/C14H22N2OS/c15-11(14-6-3-9-18-14)10-16-7-8-17-13-5-2-1-4-12(13)16/h3,6,9,11-13H,1-2,4-5,7-8,10,15H2. The summed E-state index contributed by atoms with van der Waals surface area (Å²) < 4.78 is 5.90. The van der Waals surface area contributed by atoms with Crippen LogP contribution in [-0.4, -0.2) is 36.7 Å². The summed E-state index contributed by atoms with van der Waals surface area (Å²) >= 11 is 1.77. The Labute approximate surface area is 113 Å². The molecule has 0 radical (unpaired) electrons. The van der Waals surface area contributed by atoms with Crippen molar-refractivity contribution in [2.75, 3.05) is 19.7 Å². The van der Waals surface area contributed by atoms with Gasteiger partial charge in [0.2, 0.25) is 0 Å². The highest BCUT2D eigenvalue weighted by Crippen LogP contribution is 2.29. The van der Waals surface area contributed by atoms with Gasteiger partial charge in [-0.3, -0.25) is 4.90 Å². The number of thiophene rings is 1. The highest BCUT2D eigenvalue weighted by Gasteiger charge is 2.34. The lowest BCUT2D eigenvalue weighted by Gasteiger charge is -2.44. The van der Waals surface area contributed by atoms with E-state index in [0.29, 0.717) is 12.1 Å². The maximum absolute atomic E-state index is 6.32. The summed E-state index contributed by atoms with van der Waals surface area (Å²) in [5.41, 5.74) is 6.32. The van der Waals surface area contributed by atoms with Gasteiger partial charge in [0.25, 0.3) is 0 Å². The van der Waals surface area contributed by atoms with Gasteiger partial charge in [-0.15, -0.1) is 11.3 Å². The van der Waals surface area contributed by atoms with Gasteiger partial charge in [0.1, 0.15) is 0 Å². The molecule has 1 aromatic rings. The summed E-state index contributed by atoms with van der Waals surface area (Å²) in [5, 5.41) is 2.11. The van der Waals surface area contributed by atoms with E-state index in [1.807, 2.05) is 0 Å². The van der Waals surface area contributed by atoms with Gasteiger partial charge in [-0.2, -0.15) is 0 Å². The van der Waals surface area contributed by atoms with Crippen LogP contribution in [0, 0.1) is 0 Å². The number of ether oxygens (including phenoxy) is 1. The number of hydrogen-bond acceptors (Lipinski definition) is 4. The van der Waals surface area contributed by atoms with Crippen molar-refractivity contribution in [2.45, 2.75) is 43.9 Å². The topological polar surface area (TPSA) is 38.5 Å². The lowest BCUT2D eigenvalue weighted by atomic mass is 9.90. The van der Waals surface area contributed by atoms with Gasteiger partial charge >= 0.3 is 0 Å². The summed E-state index contributed by atoms with van der Waals surface area (Å²) in [6.45, 7) is 2.89. The average molecular weight is 266 g/mol. The van der Waals surface area contributed by atoms with Crippen molar-refractivity contribution >= 4 is 11.3 Å². The van der Waals surface area contributed by atoms with Crippen molar-refractivity contribution < 1.29 is 4.74 Å². The Kier molecular flexibility index (Phi) is 3.99. The van der Waals surface area contributed by atoms with Crippen LogP contribution < -0.4 is 5.73 Å². The molecule has 1 aliphatic carbocycles. The fourth-order valence-electron chi connectivity index (χ4n) is 3.25. The lowest BCUT2D eigenvalue weighted by Crippen LogP contribution is -2.54. The molecule has 1 saturated carbocycles. The zero-order chi connectivity index (χ0) is 12.4. The molecule has 0 aromatic carbocycles. The van der Waals surface area contributed by atoms with Crippen LogP contribution in [0.1, 0.15) is 36.6 Å². The van der Waals surface area contributed by atoms with Crippen LogP contribution in [0.5, 0.6) is 0 Å². The van der Waals surface area contributed by atoms with Crippen molar-refractivity contribution in [3.8, 4) is 0 Å². The first-order chi connectivity index (χ1) is 8.84. The normalized spacial score (nSPS) is 30.9. The molecule has 100 valence electrons. The monoisotopic (exact) mass is 266 g/mol. The summed E-state index contributed by atoms with van der Waals surface area (Å²) in [4.78, 5) is 3.87. The number of rotatable bonds is 3. The minimum Gasteiger partial charge on any atom is -0.375 e. The minimum atomic E-state index is 0.158. The quantitative estimate of drug-likeness (QED) is 0.913. The molecule has 3 unspecified atom stereocenters. The van der Waals surface area contributed by atoms with E-state index in [1.165, 1.54) is 30.6 Å². The van der Waals surface area contributed by atoms with Crippen LogP contribution in [0.2, 0.25) is 0 Å². The van der Waals surface area contributed by atoms with Gasteiger partial charge in [-0.1, -0.05) is 18.9 Å². The number of fused-ring (bicyclic) bond motifs is 1. The molecule has 3 atom stereocenters. The Morgan fingerprint density at radius 3 is 3.17 bits per heavy atom. The van der Waals surface area contributed by atoms with Crippen molar-refractivity contribution in [2.24, 2.45) is 5.73 Å². The van der Waals surface area contributed by atoms with E-state index in [-0.39, 0.29) is 6.04 Å². The third kappa shape index (κ3) is 2.62. The minimum absolute atomic E-state index is 0.158. The van der Waals surface area contributed by atoms with Crippen LogP contribution >= 0.6 is 11.3 Å². The van der Waals surface area contributed by atoms with E-state index in [9.17, 15) is 0 Å². The Balaban J connectivity index is 1.64. The molecule has 2 N–H and O–H groups in total. The SMILES string of the molecule is NC(CN1CCOC2CCCCC21)c1cccs1. The Hall–Kier alpha value is -0.420. The largest absolute Gasteiger partial charge is 0.375 e. The molecular weight excluding hydrogens is 244 g/mol. The molecule has 0 spiro atoms. The first-order valence-electron chi connectivity index (χ1n) is 6.99. The molecule has 3 nitrogen and oxygen atoms in total. The van der Waals surface area contributed by atoms with Gasteiger partial charge in [0.05, 0.1) is 18.8 Å². The van der Waals surface area contributed by atoms with E-state index in [1.54, 1.807) is 11.3 Å². The van der Waals surface area contributed by atoms with Crippen molar-refractivity contribution in [1.29, 1.82) is 0 Å². The zero-order valence-electron chi connectivity index (χ0n) is 10.8. The van der Waals surface area contributed by atoms with Crippen molar-refractivity contribution in [3.05, 3.63) is 22.4 Å².